The molecule has 1 aromatic rings. The van der Waals surface area contributed by atoms with Gasteiger partial charge in [-0.15, -0.1) is 0 Å². The SMILES string of the molecule is CNC1=Cc2cc(C)oc2CC=C1. The van der Waals surface area contributed by atoms with Crippen molar-refractivity contribution >= 4 is 6.08 Å². The fraction of sp³-hybridized carbons (Fsp3) is 0.273. The topological polar surface area (TPSA) is 25.2 Å². The van der Waals surface area contributed by atoms with E-state index in [1.807, 2.05) is 14.0 Å². The first-order valence-corrected chi connectivity index (χ1v) is 4.45. The third-order valence-corrected chi connectivity index (χ3v) is 2.17. The van der Waals surface area contributed by atoms with Crippen LogP contribution in [0.5, 0.6) is 0 Å². The second-order valence-corrected chi connectivity index (χ2v) is 3.19. The van der Waals surface area contributed by atoms with Crippen LogP contribution in [0.1, 0.15) is 17.1 Å². The third kappa shape index (κ3) is 1.52. The maximum absolute atomic E-state index is 5.56. The van der Waals surface area contributed by atoms with Gasteiger partial charge in [0, 0.05) is 24.7 Å². The van der Waals surface area contributed by atoms with Crippen LogP contribution >= 0.6 is 0 Å². The van der Waals surface area contributed by atoms with Gasteiger partial charge in [0.15, 0.2) is 0 Å². The molecule has 1 aromatic heterocycles. The quantitative estimate of drug-likeness (QED) is 0.708. The van der Waals surface area contributed by atoms with Gasteiger partial charge in [-0.3, -0.25) is 0 Å². The molecule has 13 heavy (non-hydrogen) atoms. The van der Waals surface area contributed by atoms with E-state index in [1.54, 1.807) is 0 Å². The van der Waals surface area contributed by atoms with Crippen LogP contribution in [0.3, 0.4) is 0 Å². The summed E-state index contributed by atoms with van der Waals surface area (Å²) in [4.78, 5) is 0. The molecule has 0 amide bonds. The van der Waals surface area contributed by atoms with Crippen LogP contribution in [-0.2, 0) is 6.42 Å². The van der Waals surface area contributed by atoms with E-state index in [0.717, 1.165) is 23.6 Å². The summed E-state index contributed by atoms with van der Waals surface area (Å²) >= 11 is 0. The fourth-order valence-corrected chi connectivity index (χ4v) is 1.53. The molecule has 0 bridgehead atoms. The van der Waals surface area contributed by atoms with E-state index >= 15 is 0 Å². The zero-order valence-electron chi connectivity index (χ0n) is 7.92. The van der Waals surface area contributed by atoms with Crippen LogP contribution in [0.2, 0.25) is 0 Å². The molecule has 1 heterocycles. The molecular formula is C11H13NO. The van der Waals surface area contributed by atoms with Gasteiger partial charge in [-0.1, -0.05) is 6.08 Å². The number of furan rings is 1. The Hall–Kier alpha value is -1.44. The number of rotatable bonds is 1. The average molecular weight is 175 g/mol. The summed E-state index contributed by atoms with van der Waals surface area (Å²) in [5.41, 5.74) is 2.31. The number of aryl methyl sites for hydroxylation is 1. The van der Waals surface area contributed by atoms with E-state index in [2.05, 4.69) is 29.6 Å². The molecule has 2 heteroatoms. The Morgan fingerprint density at radius 1 is 1.46 bits per heavy atom. The molecular weight excluding hydrogens is 162 g/mol. The normalized spacial score (nSPS) is 14.8. The number of likely N-dealkylation sites (N-methyl/N-ethyl adjacent to an activating group) is 1. The summed E-state index contributed by atoms with van der Waals surface area (Å²) in [6, 6.07) is 2.07. The van der Waals surface area contributed by atoms with Crippen molar-refractivity contribution in [2.45, 2.75) is 13.3 Å². The molecule has 0 fully saturated rings. The highest BCUT2D eigenvalue weighted by atomic mass is 16.3. The average Bonchev–Trinajstić information content (AvgIpc) is 2.33. The van der Waals surface area contributed by atoms with Gasteiger partial charge < -0.3 is 9.73 Å². The van der Waals surface area contributed by atoms with E-state index in [0.29, 0.717) is 0 Å². The lowest BCUT2D eigenvalue weighted by Gasteiger charge is -1.96. The minimum atomic E-state index is 0.880. The molecule has 0 saturated heterocycles. The van der Waals surface area contributed by atoms with Gasteiger partial charge >= 0.3 is 0 Å². The maximum atomic E-state index is 5.56. The largest absolute Gasteiger partial charge is 0.465 e. The van der Waals surface area contributed by atoms with Crippen molar-refractivity contribution in [2.24, 2.45) is 0 Å². The highest BCUT2D eigenvalue weighted by Crippen LogP contribution is 2.21. The lowest BCUT2D eigenvalue weighted by molar-refractivity contribution is 0.494. The molecule has 0 aromatic carbocycles. The van der Waals surface area contributed by atoms with Gasteiger partial charge in [-0.05, 0) is 25.1 Å². The molecule has 1 aliphatic carbocycles. The summed E-state index contributed by atoms with van der Waals surface area (Å²) in [5, 5.41) is 3.13. The molecule has 1 N–H and O–H groups in total. The zero-order valence-corrected chi connectivity index (χ0v) is 7.92. The van der Waals surface area contributed by atoms with E-state index in [1.165, 1.54) is 5.56 Å². The Labute approximate surface area is 77.9 Å². The van der Waals surface area contributed by atoms with Crippen LogP contribution in [0.15, 0.2) is 28.3 Å². The highest BCUT2D eigenvalue weighted by molar-refractivity contribution is 5.59. The van der Waals surface area contributed by atoms with Crippen molar-refractivity contribution in [2.75, 3.05) is 7.05 Å². The first kappa shape index (κ1) is 8.17. The standard InChI is InChI=1S/C11H13NO/c1-8-6-9-7-10(12-2)4-3-5-11(9)13-8/h3-4,6-7,12H,5H2,1-2H3. The molecule has 0 radical (unpaired) electrons. The Balaban J connectivity index is 2.46. The predicted molar refractivity (Wildman–Crippen MR) is 53.3 cm³/mol. The summed E-state index contributed by atoms with van der Waals surface area (Å²) < 4.78 is 5.56. The molecule has 68 valence electrons. The van der Waals surface area contributed by atoms with Gasteiger partial charge in [-0.25, -0.2) is 0 Å². The first-order chi connectivity index (χ1) is 6.29. The van der Waals surface area contributed by atoms with Crippen molar-refractivity contribution < 1.29 is 4.42 Å². The van der Waals surface area contributed by atoms with Crippen LogP contribution in [0.25, 0.3) is 6.08 Å². The Morgan fingerprint density at radius 3 is 3.08 bits per heavy atom. The lowest BCUT2D eigenvalue weighted by Crippen LogP contribution is -2.01. The predicted octanol–water partition coefficient (Wildman–Crippen LogP) is 2.26. The van der Waals surface area contributed by atoms with E-state index in [4.69, 9.17) is 4.42 Å². The summed E-state index contributed by atoms with van der Waals surface area (Å²) in [6.07, 6.45) is 7.17. The maximum Gasteiger partial charge on any atom is 0.115 e. The van der Waals surface area contributed by atoms with Crippen molar-refractivity contribution in [3.05, 3.63) is 41.0 Å². The van der Waals surface area contributed by atoms with E-state index in [9.17, 15) is 0 Å². The number of fused-ring (bicyclic) bond motifs is 1. The van der Waals surface area contributed by atoms with Crippen molar-refractivity contribution in [1.29, 1.82) is 0 Å². The molecule has 2 rings (SSSR count). The second-order valence-electron chi connectivity index (χ2n) is 3.19. The van der Waals surface area contributed by atoms with Crippen molar-refractivity contribution in [3.8, 4) is 0 Å². The second kappa shape index (κ2) is 3.13. The van der Waals surface area contributed by atoms with Crippen LogP contribution in [-0.4, -0.2) is 7.05 Å². The smallest absolute Gasteiger partial charge is 0.115 e. The summed E-state index contributed by atoms with van der Waals surface area (Å²) in [7, 11) is 1.92. The van der Waals surface area contributed by atoms with Gasteiger partial charge in [0.2, 0.25) is 0 Å². The number of allylic oxidation sites excluding steroid dienone is 2. The molecule has 1 aliphatic rings. The van der Waals surface area contributed by atoms with Crippen LogP contribution in [0.4, 0.5) is 0 Å². The lowest BCUT2D eigenvalue weighted by atomic mass is 10.2. The van der Waals surface area contributed by atoms with E-state index in [-0.39, 0.29) is 0 Å². The first-order valence-electron chi connectivity index (χ1n) is 4.45. The molecule has 0 aliphatic heterocycles. The van der Waals surface area contributed by atoms with Crippen LogP contribution in [0, 0.1) is 6.92 Å². The minimum Gasteiger partial charge on any atom is -0.465 e. The monoisotopic (exact) mass is 175 g/mol. The number of hydrogen-bond donors (Lipinski definition) is 1. The minimum absolute atomic E-state index is 0.880. The third-order valence-electron chi connectivity index (χ3n) is 2.17. The highest BCUT2D eigenvalue weighted by Gasteiger charge is 2.08. The van der Waals surface area contributed by atoms with Crippen molar-refractivity contribution in [3.63, 3.8) is 0 Å². The number of hydrogen-bond acceptors (Lipinski definition) is 2. The molecule has 0 atom stereocenters. The van der Waals surface area contributed by atoms with Crippen LogP contribution < -0.4 is 5.32 Å². The van der Waals surface area contributed by atoms with Gasteiger partial charge in [-0.2, -0.15) is 0 Å². The summed E-state index contributed by atoms with van der Waals surface area (Å²) in [6.45, 7) is 1.98. The Morgan fingerprint density at radius 2 is 2.31 bits per heavy atom. The van der Waals surface area contributed by atoms with Gasteiger partial charge in [0.1, 0.15) is 11.5 Å². The molecule has 2 nitrogen and oxygen atoms in total. The Kier molecular flexibility index (Phi) is 1.97. The number of nitrogens with one attached hydrogen (secondary N) is 1. The fourth-order valence-electron chi connectivity index (χ4n) is 1.53. The molecule has 0 unspecified atom stereocenters. The van der Waals surface area contributed by atoms with Gasteiger partial charge in [0.25, 0.3) is 0 Å². The van der Waals surface area contributed by atoms with E-state index < -0.39 is 0 Å². The van der Waals surface area contributed by atoms with Crippen molar-refractivity contribution in [1.82, 2.24) is 5.32 Å². The molecule has 0 saturated carbocycles. The molecule has 0 spiro atoms. The van der Waals surface area contributed by atoms with Gasteiger partial charge in [0.05, 0.1) is 0 Å². The summed E-state index contributed by atoms with van der Waals surface area (Å²) in [5.74, 6) is 2.03. The zero-order chi connectivity index (χ0) is 9.26. The Bertz CT molecular complexity index is 371.